The second-order valence-electron chi connectivity index (χ2n) is 9.30. The first-order chi connectivity index (χ1) is 16.7. The highest BCUT2D eigenvalue weighted by Crippen LogP contribution is 2.40. The summed E-state index contributed by atoms with van der Waals surface area (Å²) in [6.07, 6.45) is 0. The topological polar surface area (TPSA) is 90.3 Å². The van der Waals surface area contributed by atoms with Gasteiger partial charge in [-0.1, -0.05) is 39.8 Å². The van der Waals surface area contributed by atoms with Crippen LogP contribution < -0.4 is 4.74 Å². The van der Waals surface area contributed by atoms with Crippen LogP contribution in [0.2, 0.25) is 0 Å². The lowest BCUT2D eigenvalue weighted by molar-refractivity contribution is -0.140. The molecule has 1 atom stereocenters. The van der Waals surface area contributed by atoms with Crippen molar-refractivity contribution in [3.8, 4) is 11.5 Å². The largest absolute Gasteiger partial charge is 0.508 e. The number of carbonyl (C=O) groups excluding carboxylic acids is 2. The number of likely N-dealkylation sites (tertiary alicyclic amines) is 1. The van der Waals surface area contributed by atoms with E-state index < -0.39 is 17.7 Å². The van der Waals surface area contributed by atoms with E-state index in [1.165, 1.54) is 17.0 Å². The monoisotopic (exact) mass is 480 g/mol. The number of aryl methyl sites for hydroxylation is 1. The predicted molar refractivity (Wildman–Crippen MR) is 136 cm³/mol. The standard InChI is InChI=1S/C28H36N2O5/c1-6-29(7-2)14-15-30-25(20-8-11-22(31)12-9-20)24(27(33)28(30)34)26(32)21-10-13-23(19(5)16-21)35-17-18(3)4/h8-13,16,18,25,31-32H,6-7,14-15,17H2,1-5H3/b26-24-. The number of aromatic hydroxyl groups is 1. The average Bonchev–Trinajstić information content (AvgIpc) is 3.08. The van der Waals surface area contributed by atoms with Gasteiger partial charge in [0.2, 0.25) is 0 Å². The third-order valence-corrected chi connectivity index (χ3v) is 6.32. The molecule has 188 valence electrons. The molecule has 0 bridgehead atoms. The Hall–Kier alpha value is -3.32. The van der Waals surface area contributed by atoms with Crippen molar-refractivity contribution in [2.75, 3.05) is 32.8 Å². The second-order valence-corrected chi connectivity index (χ2v) is 9.30. The van der Waals surface area contributed by atoms with Crippen LogP contribution in [0.5, 0.6) is 11.5 Å². The summed E-state index contributed by atoms with van der Waals surface area (Å²) in [5.74, 6) is -0.389. The van der Waals surface area contributed by atoms with Crippen molar-refractivity contribution in [3.05, 3.63) is 64.7 Å². The van der Waals surface area contributed by atoms with Gasteiger partial charge in [0.15, 0.2) is 0 Å². The van der Waals surface area contributed by atoms with Crippen molar-refractivity contribution in [3.63, 3.8) is 0 Å². The first kappa shape index (κ1) is 26.3. The first-order valence-electron chi connectivity index (χ1n) is 12.2. The van der Waals surface area contributed by atoms with E-state index in [-0.39, 0.29) is 17.1 Å². The van der Waals surface area contributed by atoms with Gasteiger partial charge in [0.1, 0.15) is 17.3 Å². The Morgan fingerprint density at radius 3 is 2.31 bits per heavy atom. The van der Waals surface area contributed by atoms with Crippen LogP contribution in [0.15, 0.2) is 48.0 Å². The predicted octanol–water partition coefficient (Wildman–Crippen LogP) is 4.50. The highest BCUT2D eigenvalue weighted by molar-refractivity contribution is 6.46. The van der Waals surface area contributed by atoms with Crippen LogP contribution in [0.25, 0.3) is 5.76 Å². The molecule has 3 rings (SSSR count). The van der Waals surface area contributed by atoms with E-state index in [4.69, 9.17) is 4.74 Å². The molecule has 2 N–H and O–H groups in total. The Morgan fingerprint density at radius 1 is 1.09 bits per heavy atom. The molecule has 2 aromatic carbocycles. The van der Waals surface area contributed by atoms with Gasteiger partial charge in [-0.15, -0.1) is 0 Å². The summed E-state index contributed by atoms with van der Waals surface area (Å²) < 4.78 is 5.84. The van der Waals surface area contributed by atoms with Gasteiger partial charge in [-0.25, -0.2) is 0 Å². The minimum atomic E-state index is -0.747. The molecule has 0 spiro atoms. The number of phenolic OH excluding ortho intramolecular Hbond substituents is 1. The summed E-state index contributed by atoms with van der Waals surface area (Å²) in [4.78, 5) is 30.0. The number of rotatable bonds is 10. The van der Waals surface area contributed by atoms with Crippen LogP contribution in [0.3, 0.4) is 0 Å². The third kappa shape index (κ3) is 5.85. The molecule has 1 unspecified atom stereocenters. The molecule has 0 radical (unpaired) electrons. The number of ether oxygens (including phenoxy) is 1. The summed E-state index contributed by atoms with van der Waals surface area (Å²) in [5.41, 5.74) is 1.98. The van der Waals surface area contributed by atoms with E-state index in [9.17, 15) is 19.8 Å². The van der Waals surface area contributed by atoms with Crippen LogP contribution >= 0.6 is 0 Å². The number of nitrogens with zero attached hydrogens (tertiary/aromatic N) is 2. The zero-order valence-corrected chi connectivity index (χ0v) is 21.2. The molecule has 1 saturated heterocycles. The molecule has 1 aliphatic heterocycles. The van der Waals surface area contributed by atoms with Gasteiger partial charge in [-0.05, 0) is 67.4 Å². The molecule has 35 heavy (non-hydrogen) atoms. The van der Waals surface area contributed by atoms with Crippen molar-refractivity contribution >= 4 is 17.4 Å². The van der Waals surface area contributed by atoms with Crippen molar-refractivity contribution in [1.29, 1.82) is 0 Å². The first-order valence-corrected chi connectivity index (χ1v) is 12.2. The Kier molecular flexibility index (Phi) is 8.57. The summed E-state index contributed by atoms with van der Waals surface area (Å²) in [6.45, 7) is 13.3. The number of hydrogen-bond acceptors (Lipinski definition) is 6. The van der Waals surface area contributed by atoms with E-state index in [0.29, 0.717) is 42.5 Å². The van der Waals surface area contributed by atoms with Gasteiger partial charge in [0.05, 0.1) is 18.2 Å². The fourth-order valence-corrected chi connectivity index (χ4v) is 4.27. The number of Topliss-reactive ketones (excluding diaryl/α,β-unsaturated/α-hetero) is 1. The second kappa shape index (κ2) is 11.4. The lowest BCUT2D eigenvalue weighted by atomic mass is 9.94. The normalized spacial score (nSPS) is 17.6. The van der Waals surface area contributed by atoms with Crippen LogP contribution in [-0.2, 0) is 9.59 Å². The van der Waals surface area contributed by atoms with Gasteiger partial charge in [0.25, 0.3) is 11.7 Å². The van der Waals surface area contributed by atoms with Gasteiger partial charge >= 0.3 is 0 Å². The molecule has 1 heterocycles. The highest BCUT2D eigenvalue weighted by Gasteiger charge is 2.46. The van der Waals surface area contributed by atoms with E-state index >= 15 is 0 Å². The third-order valence-electron chi connectivity index (χ3n) is 6.32. The maximum absolute atomic E-state index is 13.2. The van der Waals surface area contributed by atoms with Gasteiger partial charge in [-0.2, -0.15) is 0 Å². The number of phenols is 1. The minimum absolute atomic E-state index is 0.0514. The van der Waals surface area contributed by atoms with Crippen LogP contribution in [0, 0.1) is 12.8 Å². The highest BCUT2D eigenvalue weighted by atomic mass is 16.5. The van der Waals surface area contributed by atoms with Crippen LogP contribution in [-0.4, -0.2) is 64.5 Å². The van der Waals surface area contributed by atoms with Crippen molar-refractivity contribution in [2.45, 2.75) is 40.7 Å². The Bertz CT molecular complexity index is 1090. The van der Waals surface area contributed by atoms with Gasteiger partial charge in [-0.3, -0.25) is 9.59 Å². The van der Waals surface area contributed by atoms with Crippen LogP contribution in [0.1, 0.15) is 50.4 Å². The van der Waals surface area contributed by atoms with E-state index in [2.05, 4.69) is 18.7 Å². The number of aliphatic hydroxyl groups is 1. The average molecular weight is 481 g/mol. The minimum Gasteiger partial charge on any atom is -0.508 e. The molecule has 2 aromatic rings. The van der Waals surface area contributed by atoms with Crippen LogP contribution in [0.4, 0.5) is 0 Å². The lowest BCUT2D eigenvalue weighted by Crippen LogP contribution is -2.38. The summed E-state index contributed by atoms with van der Waals surface area (Å²) in [7, 11) is 0. The van der Waals surface area contributed by atoms with E-state index in [0.717, 1.165) is 18.7 Å². The number of hydrogen-bond donors (Lipinski definition) is 2. The van der Waals surface area contributed by atoms with E-state index in [1.807, 2.05) is 20.8 Å². The zero-order chi connectivity index (χ0) is 25.7. The van der Waals surface area contributed by atoms with Crippen molar-refractivity contribution in [1.82, 2.24) is 9.80 Å². The fourth-order valence-electron chi connectivity index (χ4n) is 4.27. The number of amides is 1. The maximum atomic E-state index is 13.2. The maximum Gasteiger partial charge on any atom is 0.295 e. The molecule has 1 fully saturated rings. The summed E-state index contributed by atoms with van der Waals surface area (Å²) in [5, 5.41) is 21.1. The Morgan fingerprint density at radius 2 is 1.74 bits per heavy atom. The number of aliphatic hydroxyl groups excluding tert-OH is 1. The molecule has 0 aromatic heterocycles. The number of ketones is 1. The Balaban J connectivity index is 2.04. The zero-order valence-electron chi connectivity index (χ0n) is 21.2. The van der Waals surface area contributed by atoms with Crippen molar-refractivity contribution < 1.29 is 24.5 Å². The number of benzene rings is 2. The lowest BCUT2D eigenvalue weighted by Gasteiger charge is -2.28. The summed E-state index contributed by atoms with van der Waals surface area (Å²) in [6, 6.07) is 10.9. The van der Waals surface area contributed by atoms with Crippen molar-refractivity contribution in [2.24, 2.45) is 5.92 Å². The van der Waals surface area contributed by atoms with Gasteiger partial charge in [0, 0.05) is 18.7 Å². The molecule has 1 aliphatic rings. The SMILES string of the molecule is CCN(CC)CCN1C(=O)C(=O)/C(=C(\O)c2ccc(OCC(C)C)c(C)c2)C1c1ccc(O)cc1. The smallest absolute Gasteiger partial charge is 0.295 e. The van der Waals surface area contributed by atoms with E-state index in [1.54, 1.807) is 30.3 Å². The Labute approximate surface area is 207 Å². The molecule has 7 heteroatoms. The molecule has 7 nitrogen and oxygen atoms in total. The molecule has 0 aliphatic carbocycles. The molecule has 1 amide bonds. The fraction of sp³-hybridized carbons (Fsp3) is 0.429. The molecular weight excluding hydrogens is 444 g/mol. The number of likely N-dealkylation sites (N-methyl/N-ethyl adjacent to an activating group) is 1. The quantitative estimate of drug-likeness (QED) is 0.296. The summed E-state index contributed by atoms with van der Waals surface area (Å²) >= 11 is 0. The van der Waals surface area contributed by atoms with Gasteiger partial charge < -0.3 is 24.7 Å². The molecule has 0 saturated carbocycles. The molecular formula is C28H36N2O5. The number of carbonyl (C=O) groups is 2.